The van der Waals surface area contributed by atoms with Gasteiger partial charge < -0.3 is 15.8 Å². The minimum atomic E-state index is -0.910. The van der Waals surface area contributed by atoms with Crippen molar-refractivity contribution in [2.45, 2.75) is 38.1 Å². The Morgan fingerprint density at radius 3 is 2.95 bits per heavy atom. The van der Waals surface area contributed by atoms with Crippen LogP contribution in [0.5, 0.6) is 5.75 Å². The molecule has 1 aromatic carbocycles. The van der Waals surface area contributed by atoms with Gasteiger partial charge in [-0.3, -0.25) is 4.79 Å². The first kappa shape index (κ1) is 14.8. The van der Waals surface area contributed by atoms with Crippen LogP contribution in [-0.2, 0) is 4.79 Å². The Morgan fingerprint density at radius 2 is 2.30 bits per heavy atom. The molecule has 3 N–H and O–H groups in total. The number of benzene rings is 1. The van der Waals surface area contributed by atoms with Gasteiger partial charge in [-0.15, -0.1) is 0 Å². The smallest absolute Gasteiger partial charge is 0.244 e. The molecule has 1 amide bonds. The lowest BCUT2D eigenvalue weighted by molar-refractivity contribution is -0.122. The van der Waals surface area contributed by atoms with Gasteiger partial charge in [-0.25, -0.2) is 4.39 Å². The summed E-state index contributed by atoms with van der Waals surface area (Å²) in [5.41, 5.74) is 5.39. The zero-order chi connectivity index (χ0) is 14.8. The first-order valence-corrected chi connectivity index (χ1v) is 6.88. The van der Waals surface area contributed by atoms with Gasteiger partial charge in [-0.05, 0) is 30.9 Å². The topological polar surface area (TPSA) is 64.3 Å². The number of carbonyl (C=O) groups is 1. The molecule has 5 heteroatoms. The average Bonchev–Trinajstić information content (AvgIpc) is 2.41. The number of hydrogen-bond acceptors (Lipinski definition) is 3. The van der Waals surface area contributed by atoms with Crippen molar-refractivity contribution < 1.29 is 13.9 Å². The Balaban J connectivity index is 2.15. The summed E-state index contributed by atoms with van der Waals surface area (Å²) in [6, 6.07) is 4.23. The van der Waals surface area contributed by atoms with Crippen LogP contribution in [0.25, 0.3) is 0 Å². The van der Waals surface area contributed by atoms with Gasteiger partial charge in [0.25, 0.3) is 0 Å². The zero-order valence-corrected chi connectivity index (χ0v) is 11.9. The van der Waals surface area contributed by atoms with Crippen molar-refractivity contribution in [2.75, 3.05) is 12.4 Å². The normalized spacial score (nSPS) is 26.1. The lowest BCUT2D eigenvalue weighted by Crippen LogP contribution is -2.53. The highest BCUT2D eigenvalue weighted by Crippen LogP contribution is 2.32. The van der Waals surface area contributed by atoms with Crippen molar-refractivity contribution in [1.29, 1.82) is 0 Å². The van der Waals surface area contributed by atoms with Crippen molar-refractivity contribution in [3.63, 3.8) is 0 Å². The van der Waals surface area contributed by atoms with Crippen molar-refractivity contribution in [3.05, 3.63) is 24.0 Å². The Labute approximate surface area is 118 Å². The van der Waals surface area contributed by atoms with E-state index < -0.39 is 11.4 Å². The lowest BCUT2D eigenvalue weighted by Gasteiger charge is -2.35. The van der Waals surface area contributed by atoms with E-state index in [0.29, 0.717) is 24.5 Å². The van der Waals surface area contributed by atoms with Crippen LogP contribution in [0.2, 0.25) is 0 Å². The van der Waals surface area contributed by atoms with E-state index in [1.54, 1.807) is 0 Å². The van der Waals surface area contributed by atoms with Crippen LogP contribution in [-0.4, -0.2) is 18.6 Å². The number of amides is 1. The molecule has 4 nitrogen and oxygen atoms in total. The number of hydrogen-bond donors (Lipinski definition) is 2. The van der Waals surface area contributed by atoms with Gasteiger partial charge in [0, 0.05) is 6.07 Å². The maximum absolute atomic E-state index is 13.7. The predicted molar refractivity (Wildman–Crippen MR) is 76.1 cm³/mol. The van der Waals surface area contributed by atoms with E-state index in [0.717, 1.165) is 12.8 Å². The third-order valence-electron chi connectivity index (χ3n) is 3.91. The monoisotopic (exact) mass is 280 g/mol. The molecular formula is C15H21FN2O2. The second kappa shape index (κ2) is 5.79. The third-order valence-corrected chi connectivity index (χ3v) is 3.91. The Bertz CT molecular complexity index is 507. The SMILES string of the molecule is COc1ccc(F)c(NC(=O)C2(N)CCCC(C)C2)c1. The minimum absolute atomic E-state index is 0.109. The van der Waals surface area contributed by atoms with E-state index >= 15 is 0 Å². The molecule has 2 atom stereocenters. The maximum atomic E-state index is 13.7. The van der Waals surface area contributed by atoms with Crippen LogP contribution in [0.3, 0.4) is 0 Å². The lowest BCUT2D eigenvalue weighted by atomic mass is 9.76. The maximum Gasteiger partial charge on any atom is 0.244 e. The summed E-state index contributed by atoms with van der Waals surface area (Å²) in [5, 5.41) is 2.60. The summed E-state index contributed by atoms with van der Waals surface area (Å²) >= 11 is 0. The van der Waals surface area contributed by atoms with Crippen molar-refractivity contribution in [1.82, 2.24) is 0 Å². The summed E-state index contributed by atoms with van der Waals surface area (Å²) in [5.74, 6) is 0.0854. The number of methoxy groups -OCH3 is 1. The Morgan fingerprint density at radius 1 is 1.55 bits per heavy atom. The molecule has 110 valence electrons. The highest BCUT2D eigenvalue weighted by atomic mass is 19.1. The second-order valence-corrected chi connectivity index (χ2v) is 5.66. The number of anilines is 1. The van der Waals surface area contributed by atoms with Gasteiger partial charge in [0.1, 0.15) is 11.6 Å². The molecule has 1 aliphatic rings. The van der Waals surface area contributed by atoms with Crippen LogP contribution in [0.15, 0.2) is 18.2 Å². The fraction of sp³-hybridized carbons (Fsp3) is 0.533. The van der Waals surface area contributed by atoms with E-state index in [1.165, 1.54) is 25.3 Å². The molecule has 0 aromatic heterocycles. The Kier molecular flexibility index (Phi) is 4.28. The largest absolute Gasteiger partial charge is 0.497 e. The predicted octanol–water partition coefficient (Wildman–Crippen LogP) is 2.68. The molecule has 0 aliphatic heterocycles. The molecule has 20 heavy (non-hydrogen) atoms. The quantitative estimate of drug-likeness (QED) is 0.894. The van der Waals surface area contributed by atoms with Gasteiger partial charge in [-0.1, -0.05) is 19.8 Å². The zero-order valence-electron chi connectivity index (χ0n) is 11.9. The molecule has 1 aliphatic carbocycles. The van der Waals surface area contributed by atoms with Gasteiger partial charge in [0.15, 0.2) is 0 Å². The van der Waals surface area contributed by atoms with Gasteiger partial charge in [0.05, 0.1) is 18.3 Å². The number of rotatable bonds is 3. The van der Waals surface area contributed by atoms with Crippen molar-refractivity contribution in [3.8, 4) is 5.75 Å². The van der Waals surface area contributed by atoms with Gasteiger partial charge >= 0.3 is 0 Å². The van der Waals surface area contributed by atoms with Gasteiger partial charge in [-0.2, -0.15) is 0 Å². The third kappa shape index (κ3) is 3.10. The number of ether oxygens (including phenoxy) is 1. The number of halogens is 1. The molecule has 1 saturated carbocycles. The first-order valence-electron chi connectivity index (χ1n) is 6.88. The molecule has 1 fully saturated rings. The fourth-order valence-corrected chi connectivity index (χ4v) is 2.77. The number of carbonyl (C=O) groups excluding carboxylic acids is 1. The molecule has 1 aromatic rings. The summed E-state index contributed by atoms with van der Waals surface area (Å²) < 4.78 is 18.8. The molecular weight excluding hydrogens is 259 g/mol. The summed E-state index contributed by atoms with van der Waals surface area (Å²) in [7, 11) is 1.49. The van der Waals surface area contributed by atoms with Crippen LogP contribution in [0.1, 0.15) is 32.6 Å². The molecule has 0 bridgehead atoms. The van der Waals surface area contributed by atoms with E-state index in [9.17, 15) is 9.18 Å². The van der Waals surface area contributed by atoms with Crippen molar-refractivity contribution in [2.24, 2.45) is 11.7 Å². The molecule has 0 heterocycles. The summed E-state index contributed by atoms with van der Waals surface area (Å²) in [4.78, 5) is 12.3. The molecule has 2 unspecified atom stereocenters. The van der Waals surface area contributed by atoms with Gasteiger partial charge in [0.2, 0.25) is 5.91 Å². The second-order valence-electron chi connectivity index (χ2n) is 5.66. The van der Waals surface area contributed by atoms with E-state index in [-0.39, 0.29) is 11.6 Å². The van der Waals surface area contributed by atoms with Crippen LogP contribution < -0.4 is 15.8 Å². The number of nitrogens with two attached hydrogens (primary N) is 1. The standard InChI is InChI=1S/C15H21FN2O2/c1-10-4-3-7-15(17,9-10)14(19)18-13-8-11(20-2)5-6-12(13)16/h5-6,8,10H,3-4,7,9,17H2,1-2H3,(H,18,19). The molecule has 2 rings (SSSR count). The van der Waals surface area contributed by atoms with E-state index in [1.807, 2.05) is 0 Å². The minimum Gasteiger partial charge on any atom is -0.497 e. The van der Waals surface area contributed by atoms with Crippen LogP contribution >= 0.6 is 0 Å². The van der Waals surface area contributed by atoms with Crippen molar-refractivity contribution >= 4 is 11.6 Å². The van der Waals surface area contributed by atoms with E-state index in [4.69, 9.17) is 10.5 Å². The highest BCUT2D eigenvalue weighted by Gasteiger charge is 2.38. The Hall–Kier alpha value is -1.62. The first-order chi connectivity index (χ1) is 9.44. The highest BCUT2D eigenvalue weighted by molar-refractivity contribution is 5.98. The average molecular weight is 280 g/mol. The molecule has 0 spiro atoms. The van der Waals surface area contributed by atoms with Crippen LogP contribution in [0.4, 0.5) is 10.1 Å². The molecule has 0 radical (unpaired) electrons. The summed E-state index contributed by atoms with van der Waals surface area (Å²) in [6.07, 6.45) is 3.27. The molecule has 0 saturated heterocycles. The van der Waals surface area contributed by atoms with E-state index in [2.05, 4.69) is 12.2 Å². The fourth-order valence-electron chi connectivity index (χ4n) is 2.77. The van der Waals surface area contributed by atoms with Crippen LogP contribution in [0, 0.1) is 11.7 Å². The summed E-state index contributed by atoms with van der Waals surface area (Å²) in [6.45, 7) is 2.08. The number of nitrogens with one attached hydrogen (secondary N) is 1.